The lowest BCUT2D eigenvalue weighted by Crippen LogP contribution is -2.23. The van der Waals surface area contributed by atoms with Gasteiger partial charge in [0.15, 0.2) is 0 Å². The van der Waals surface area contributed by atoms with Gasteiger partial charge >= 0.3 is 0 Å². The van der Waals surface area contributed by atoms with Crippen LogP contribution in [0.25, 0.3) is 0 Å². The zero-order chi connectivity index (χ0) is 6.69. The molecule has 0 aromatic carbocycles. The number of rotatable bonds is 2. The van der Waals surface area contributed by atoms with E-state index in [1.165, 1.54) is 0 Å². The van der Waals surface area contributed by atoms with Crippen molar-refractivity contribution in [3.05, 3.63) is 0 Å². The Bertz CT molecular complexity index is 83.8. The van der Waals surface area contributed by atoms with Crippen LogP contribution in [0.1, 0.15) is 6.42 Å². The van der Waals surface area contributed by atoms with Crippen LogP contribution >= 0.6 is 12.4 Å². The van der Waals surface area contributed by atoms with E-state index < -0.39 is 0 Å². The third-order valence-corrected chi connectivity index (χ3v) is 1.70. The first-order valence-electron chi connectivity index (χ1n) is 3.19. The Morgan fingerprint density at radius 1 is 1.70 bits per heavy atom. The van der Waals surface area contributed by atoms with Gasteiger partial charge in [-0.05, 0) is 6.42 Å². The molecule has 2 nitrogen and oxygen atoms in total. The highest BCUT2D eigenvalue weighted by molar-refractivity contribution is 5.85. The summed E-state index contributed by atoms with van der Waals surface area (Å²) in [6.45, 7) is 0.519. The molecular weight excluding hydrogens is 157 g/mol. The standard InChI is InChI=1S/C6H12FNO.ClH/c1-9-6-2-5(3-7)8-4-6;/h5-6,8H,2-4H2,1H3;1H/t5-,6-;/m0./s1. The first-order chi connectivity index (χ1) is 4.36. The summed E-state index contributed by atoms with van der Waals surface area (Å²) in [6, 6.07) is 0.0370. The summed E-state index contributed by atoms with van der Waals surface area (Å²) in [7, 11) is 1.66. The summed E-state index contributed by atoms with van der Waals surface area (Å²) in [4.78, 5) is 0. The molecule has 0 unspecified atom stereocenters. The number of nitrogens with one attached hydrogen (secondary N) is 1. The van der Waals surface area contributed by atoms with Crippen molar-refractivity contribution < 1.29 is 9.13 Å². The summed E-state index contributed by atoms with van der Waals surface area (Å²) in [5.74, 6) is 0. The van der Waals surface area contributed by atoms with Crippen LogP contribution in [0.2, 0.25) is 0 Å². The van der Waals surface area contributed by atoms with Gasteiger partial charge in [-0.1, -0.05) is 0 Å². The summed E-state index contributed by atoms with van der Waals surface area (Å²) in [5.41, 5.74) is 0. The Kier molecular flexibility index (Phi) is 4.95. The van der Waals surface area contributed by atoms with Crippen molar-refractivity contribution in [2.45, 2.75) is 18.6 Å². The Labute approximate surface area is 66.5 Å². The molecule has 1 heterocycles. The maximum Gasteiger partial charge on any atom is 0.105 e. The predicted octanol–water partition coefficient (Wildman–Crippen LogP) is 0.755. The number of hydrogen-bond donors (Lipinski definition) is 1. The van der Waals surface area contributed by atoms with Gasteiger partial charge in [0.05, 0.1) is 6.10 Å². The first kappa shape index (κ1) is 10.1. The minimum absolute atomic E-state index is 0. The van der Waals surface area contributed by atoms with Gasteiger partial charge in [0, 0.05) is 19.7 Å². The first-order valence-corrected chi connectivity index (χ1v) is 3.19. The highest BCUT2D eigenvalue weighted by atomic mass is 35.5. The molecule has 1 fully saturated rings. The second-order valence-electron chi connectivity index (χ2n) is 2.35. The lowest BCUT2D eigenvalue weighted by Gasteiger charge is -2.03. The quantitative estimate of drug-likeness (QED) is 0.659. The second kappa shape index (κ2) is 4.88. The molecule has 1 saturated heterocycles. The highest BCUT2D eigenvalue weighted by Crippen LogP contribution is 2.08. The fourth-order valence-corrected chi connectivity index (χ4v) is 1.08. The van der Waals surface area contributed by atoms with Crippen molar-refractivity contribution in [1.29, 1.82) is 0 Å². The van der Waals surface area contributed by atoms with Crippen molar-refractivity contribution in [1.82, 2.24) is 5.32 Å². The van der Waals surface area contributed by atoms with Gasteiger partial charge in [-0.15, -0.1) is 12.4 Å². The maximum atomic E-state index is 11.9. The van der Waals surface area contributed by atoms with Crippen LogP contribution in [0, 0.1) is 0 Å². The summed E-state index contributed by atoms with van der Waals surface area (Å²) in [5, 5.41) is 3.01. The van der Waals surface area contributed by atoms with Crippen molar-refractivity contribution in [3.8, 4) is 0 Å². The molecule has 0 aromatic heterocycles. The molecular formula is C6H13ClFNO. The highest BCUT2D eigenvalue weighted by Gasteiger charge is 2.22. The third-order valence-electron chi connectivity index (χ3n) is 1.70. The van der Waals surface area contributed by atoms with E-state index in [0.29, 0.717) is 0 Å². The van der Waals surface area contributed by atoms with Gasteiger partial charge in [0.25, 0.3) is 0 Å². The molecule has 1 rings (SSSR count). The number of alkyl halides is 1. The molecule has 0 aliphatic carbocycles. The number of methoxy groups -OCH3 is 1. The molecule has 0 radical (unpaired) electrons. The number of halogens is 2. The topological polar surface area (TPSA) is 21.3 Å². The summed E-state index contributed by atoms with van der Waals surface area (Å²) >= 11 is 0. The van der Waals surface area contributed by atoms with E-state index in [2.05, 4.69) is 5.32 Å². The van der Waals surface area contributed by atoms with Crippen molar-refractivity contribution in [2.24, 2.45) is 0 Å². The van der Waals surface area contributed by atoms with Crippen LogP contribution in [0.4, 0.5) is 4.39 Å². The normalized spacial score (nSPS) is 31.8. The smallest absolute Gasteiger partial charge is 0.105 e. The van der Waals surface area contributed by atoms with Crippen LogP contribution in [-0.4, -0.2) is 32.5 Å². The fourth-order valence-electron chi connectivity index (χ4n) is 1.08. The fraction of sp³-hybridized carbons (Fsp3) is 1.00. The molecule has 2 atom stereocenters. The van der Waals surface area contributed by atoms with E-state index in [1.54, 1.807) is 7.11 Å². The lowest BCUT2D eigenvalue weighted by molar-refractivity contribution is 0.116. The van der Waals surface area contributed by atoms with Crippen LogP contribution in [0.15, 0.2) is 0 Å². The third kappa shape index (κ3) is 2.40. The van der Waals surface area contributed by atoms with Gasteiger partial charge in [-0.3, -0.25) is 0 Å². The van der Waals surface area contributed by atoms with Crippen LogP contribution in [-0.2, 0) is 4.74 Å². The Balaban J connectivity index is 0.000000810. The average Bonchev–Trinajstić information content (AvgIpc) is 2.34. The monoisotopic (exact) mass is 169 g/mol. The number of ether oxygens (including phenoxy) is 1. The predicted molar refractivity (Wildman–Crippen MR) is 40.4 cm³/mol. The molecule has 10 heavy (non-hydrogen) atoms. The minimum Gasteiger partial charge on any atom is -0.380 e. The van der Waals surface area contributed by atoms with Gasteiger partial charge < -0.3 is 10.1 Å². The Morgan fingerprint density at radius 3 is 2.70 bits per heavy atom. The van der Waals surface area contributed by atoms with Crippen molar-refractivity contribution in [2.75, 3.05) is 20.3 Å². The molecule has 1 N–H and O–H groups in total. The van der Waals surface area contributed by atoms with Crippen molar-refractivity contribution >= 4 is 12.4 Å². The zero-order valence-corrected chi connectivity index (χ0v) is 6.79. The summed E-state index contributed by atoms with van der Waals surface area (Å²) in [6.07, 6.45) is 1.04. The molecule has 0 spiro atoms. The van der Waals surface area contributed by atoms with E-state index in [9.17, 15) is 4.39 Å². The van der Waals surface area contributed by atoms with Gasteiger partial charge in [0.1, 0.15) is 6.67 Å². The summed E-state index contributed by atoms with van der Waals surface area (Å²) < 4.78 is 16.9. The zero-order valence-electron chi connectivity index (χ0n) is 5.97. The van der Waals surface area contributed by atoms with Gasteiger partial charge in [0.2, 0.25) is 0 Å². The Hall–Kier alpha value is 0.140. The molecule has 0 saturated carbocycles. The lowest BCUT2D eigenvalue weighted by atomic mass is 10.2. The number of hydrogen-bond acceptors (Lipinski definition) is 2. The minimum atomic E-state index is -0.278. The second-order valence-corrected chi connectivity index (χ2v) is 2.35. The van der Waals surface area contributed by atoms with Crippen LogP contribution < -0.4 is 5.32 Å². The molecule has 1 aliphatic heterocycles. The van der Waals surface area contributed by atoms with E-state index in [-0.39, 0.29) is 31.2 Å². The van der Waals surface area contributed by atoms with E-state index in [1.807, 2.05) is 0 Å². The van der Waals surface area contributed by atoms with Crippen LogP contribution in [0.5, 0.6) is 0 Å². The van der Waals surface area contributed by atoms with Gasteiger partial charge in [-0.2, -0.15) is 0 Å². The van der Waals surface area contributed by atoms with E-state index >= 15 is 0 Å². The van der Waals surface area contributed by atoms with Gasteiger partial charge in [-0.25, -0.2) is 4.39 Å². The molecule has 4 heteroatoms. The molecule has 0 amide bonds. The molecule has 62 valence electrons. The van der Waals surface area contributed by atoms with Crippen molar-refractivity contribution in [3.63, 3.8) is 0 Å². The molecule has 0 bridgehead atoms. The van der Waals surface area contributed by atoms with E-state index in [0.717, 1.165) is 13.0 Å². The molecule has 0 aromatic rings. The Morgan fingerprint density at radius 2 is 2.40 bits per heavy atom. The SMILES string of the molecule is CO[C@@H]1CN[C@H](CF)C1.Cl. The van der Waals surface area contributed by atoms with Crippen LogP contribution in [0.3, 0.4) is 0 Å². The van der Waals surface area contributed by atoms with E-state index in [4.69, 9.17) is 4.74 Å². The average molecular weight is 170 g/mol. The molecule has 1 aliphatic rings. The maximum absolute atomic E-state index is 11.9. The largest absolute Gasteiger partial charge is 0.380 e.